The van der Waals surface area contributed by atoms with Gasteiger partial charge in [-0.3, -0.25) is 9.98 Å². The third-order valence-corrected chi connectivity index (χ3v) is 4.13. The summed E-state index contributed by atoms with van der Waals surface area (Å²) in [5.74, 6) is 0. The first-order valence-corrected chi connectivity index (χ1v) is 7.62. The number of allylic oxidation sites excluding steroid dienone is 2. The van der Waals surface area contributed by atoms with Gasteiger partial charge >= 0.3 is 0 Å². The molecular formula is C20H20N2. The molecule has 3 rings (SSSR count). The molecule has 1 heterocycles. The summed E-state index contributed by atoms with van der Waals surface area (Å²) in [6, 6.07) is 12.6. The van der Waals surface area contributed by atoms with E-state index < -0.39 is 0 Å². The third kappa shape index (κ3) is 3.06. The summed E-state index contributed by atoms with van der Waals surface area (Å²) in [5.41, 5.74) is 7.54. The Hall–Kier alpha value is -2.48. The lowest BCUT2D eigenvalue weighted by Gasteiger charge is -2.19. The minimum atomic E-state index is 0.614. The Bertz CT molecular complexity index is 739. The van der Waals surface area contributed by atoms with E-state index in [1.54, 1.807) is 12.4 Å². The maximum Gasteiger partial charge on any atom is 0.0640 e. The molecule has 110 valence electrons. The van der Waals surface area contributed by atoms with Gasteiger partial charge in [-0.05, 0) is 59.7 Å². The van der Waals surface area contributed by atoms with E-state index in [0.717, 1.165) is 24.0 Å². The third-order valence-electron chi connectivity index (χ3n) is 4.13. The van der Waals surface area contributed by atoms with E-state index in [2.05, 4.69) is 47.7 Å². The Labute approximate surface area is 132 Å². The Balaban J connectivity index is 1.76. The maximum atomic E-state index is 4.62. The number of rotatable bonds is 4. The van der Waals surface area contributed by atoms with E-state index in [1.807, 2.05) is 18.3 Å². The minimum absolute atomic E-state index is 0.614. The van der Waals surface area contributed by atoms with E-state index in [-0.39, 0.29) is 0 Å². The molecule has 1 aromatic carbocycles. The van der Waals surface area contributed by atoms with E-state index in [9.17, 15) is 0 Å². The van der Waals surface area contributed by atoms with Crippen molar-refractivity contribution in [2.24, 2.45) is 4.99 Å². The van der Waals surface area contributed by atoms with Crippen LogP contribution in [0.25, 0.3) is 11.1 Å². The molecule has 0 spiro atoms. The van der Waals surface area contributed by atoms with Crippen molar-refractivity contribution in [3.63, 3.8) is 0 Å². The molecule has 0 fully saturated rings. The minimum Gasteiger partial charge on any atom is -0.288 e. The highest BCUT2D eigenvalue weighted by atomic mass is 14.7. The van der Waals surface area contributed by atoms with Crippen molar-refractivity contribution in [2.45, 2.75) is 19.8 Å². The van der Waals surface area contributed by atoms with Gasteiger partial charge in [-0.25, -0.2) is 0 Å². The lowest BCUT2D eigenvalue weighted by atomic mass is 9.87. The molecule has 0 radical (unpaired) electrons. The summed E-state index contributed by atoms with van der Waals surface area (Å²) in [5, 5.41) is 0. The lowest BCUT2D eigenvalue weighted by molar-refractivity contribution is 0.923. The van der Waals surface area contributed by atoms with Gasteiger partial charge < -0.3 is 0 Å². The van der Waals surface area contributed by atoms with E-state index in [0.29, 0.717) is 6.54 Å². The molecule has 1 aromatic heterocycles. The van der Waals surface area contributed by atoms with Crippen LogP contribution in [0, 0.1) is 0 Å². The Morgan fingerprint density at radius 2 is 1.95 bits per heavy atom. The number of hydrogen-bond donors (Lipinski definition) is 0. The second kappa shape index (κ2) is 6.52. The first-order chi connectivity index (χ1) is 10.8. The number of benzene rings is 1. The molecular weight excluding hydrogens is 268 g/mol. The topological polar surface area (TPSA) is 25.2 Å². The SMILES string of the molecule is C=C(CN=CC1=C(C)CCc2ccccc21)c1ccncc1. The van der Waals surface area contributed by atoms with E-state index in [4.69, 9.17) is 0 Å². The van der Waals surface area contributed by atoms with Gasteiger partial charge in [0.25, 0.3) is 0 Å². The lowest BCUT2D eigenvalue weighted by Crippen LogP contribution is -2.04. The molecule has 2 nitrogen and oxygen atoms in total. The van der Waals surface area contributed by atoms with Crippen LogP contribution in [0.5, 0.6) is 0 Å². The fourth-order valence-electron chi connectivity index (χ4n) is 2.79. The molecule has 0 unspecified atom stereocenters. The van der Waals surface area contributed by atoms with Crippen LogP contribution >= 0.6 is 0 Å². The van der Waals surface area contributed by atoms with Gasteiger partial charge in [-0.15, -0.1) is 0 Å². The summed E-state index contributed by atoms with van der Waals surface area (Å²) in [4.78, 5) is 8.65. The van der Waals surface area contributed by atoms with Crippen LogP contribution in [0.15, 0.2) is 65.9 Å². The highest BCUT2D eigenvalue weighted by Crippen LogP contribution is 2.29. The average Bonchev–Trinajstić information content (AvgIpc) is 2.57. The molecule has 0 bridgehead atoms. The summed E-state index contributed by atoms with van der Waals surface area (Å²) in [7, 11) is 0. The monoisotopic (exact) mass is 288 g/mol. The number of aryl methyl sites for hydroxylation is 1. The van der Waals surface area contributed by atoms with Crippen molar-refractivity contribution in [1.82, 2.24) is 4.98 Å². The normalized spacial score (nSPS) is 14.2. The van der Waals surface area contributed by atoms with Crippen molar-refractivity contribution in [2.75, 3.05) is 6.54 Å². The average molecular weight is 288 g/mol. The molecule has 1 aliphatic rings. The zero-order valence-electron chi connectivity index (χ0n) is 12.9. The summed E-state index contributed by atoms with van der Waals surface area (Å²) >= 11 is 0. The summed E-state index contributed by atoms with van der Waals surface area (Å²) < 4.78 is 0. The standard InChI is InChI=1S/C20H20N2/c1-15-7-8-18-5-3-4-6-19(18)20(15)14-22-13-16(2)17-9-11-21-12-10-17/h3-6,9-12,14H,2,7-8,13H2,1H3. The second-order valence-corrected chi connectivity index (χ2v) is 5.66. The molecule has 0 N–H and O–H groups in total. The van der Waals surface area contributed by atoms with Crippen molar-refractivity contribution < 1.29 is 0 Å². The first-order valence-electron chi connectivity index (χ1n) is 7.62. The maximum absolute atomic E-state index is 4.62. The fourth-order valence-corrected chi connectivity index (χ4v) is 2.79. The Morgan fingerprint density at radius 1 is 1.18 bits per heavy atom. The van der Waals surface area contributed by atoms with Crippen LogP contribution in [0.2, 0.25) is 0 Å². The number of pyridine rings is 1. The van der Waals surface area contributed by atoms with Crippen molar-refractivity contribution in [1.29, 1.82) is 0 Å². The van der Waals surface area contributed by atoms with Crippen LogP contribution in [0.3, 0.4) is 0 Å². The number of hydrogen-bond acceptors (Lipinski definition) is 2. The zero-order valence-corrected chi connectivity index (χ0v) is 12.9. The molecule has 0 saturated carbocycles. The first kappa shape index (κ1) is 14.5. The van der Waals surface area contributed by atoms with Gasteiger partial charge in [0.2, 0.25) is 0 Å². The fraction of sp³-hybridized carbons (Fsp3) is 0.200. The highest BCUT2D eigenvalue weighted by molar-refractivity contribution is 6.12. The van der Waals surface area contributed by atoms with Crippen molar-refractivity contribution in [3.8, 4) is 0 Å². The number of fused-ring (bicyclic) bond motifs is 1. The van der Waals surface area contributed by atoms with Crippen molar-refractivity contribution >= 4 is 17.4 Å². The molecule has 0 amide bonds. The summed E-state index contributed by atoms with van der Waals surface area (Å²) in [6.45, 7) is 6.93. The van der Waals surface area contributed by atoms with Crippen molar-refractivity contribution in [3.05, 3.63) is 77.6 Å². The van der Waals surface area contributed by atoms with E-state index in [1.165, 1.54) is 22.3 Å². The van der Waals surface area contributed by atoms with Gasteiger partial charge in [0.15, 0.2) is 0 Å². The van der Waals surface area contributed by atoms with Crippen LogP contribution in [0.4, 0.5) is 0 Å². The molecule has 0 saturated heterocycles. The number of aliphatic imine (C=N–C) groups is 1. The van der Waals surface area contributed by atoms with Gasteiger partial charge in [0, 0.05) is 18.6 Å². The van der Waals surface area contributed by atoms with Crippen LogP contribution in [-0.4, -0.2) is 17.7 Å². The van der Waals surface area contributed by atoms with Crippen LogP contribution in [0.1, 0.15) is 30.0 Å². The second-order valence-electron chi connectivity index (χ2n) is 5.66. The number of nitrogens with zero attached hydrogens (tertiary/aromatic N) is 2. The van der Waals surface area contributed by atoms with Gasteiger partial charge in [-0.2, -0.15) is 0 Å². The Morgan fingerprint density at radius 3 is 2.77 bits per heavy atom. The predicted molar refractivity (Wildman–Crippen MR) is 94.0 cm³/mol. The molecule has 1 aliphatic carbocycles. The van der Waals surface area contributed by atoms with Gasteiger partial charge in [0.05, 0.1) is 6.54 Å². The van der Waals surface area contributed by atoms with E-state index >= 15 is 0 Å². The van der Waals surface area contributed by atoms with Crippen LogP contribution in [-0.2, 0) is 6.42 Å². The largest absolute Gasteiger partial charge is 0.288 e. The molecule has 0 aliphatic heterocycles. The Kier molecular flexibility index (Phi) is 4.29. The molecule has 22 heavy (non-hydrogen) atoms. The van der Waals surface area contributed by atoms with Crippen LogP contribution < -0.4 is 0 Å². The quantitative estimate of drug-likeness (QED) is 0.756. The molecule has 2 heteroatoms. The smallest absolute Gasteiger partial charge is 0.0640 e. The molecule has 0 atom stereocenters. The van der Waals surface area contributed by atoms with Gasteiger partial charge in [0.1, 0.15) is 0 Å². The molecule has 2 aromatic rings. The number of aromatic nitrogens is 1. The summed E-state index contributed by atoms with van der Waals surface area (Å²) in [6.07, 6.45) is 7.83. The van der Waals surface area contributed by atoms with Gasteiger partial charge in [-0.1, -0.05) is 36.4 Å². The zero-order chi connectivity index (χ0) is 15.4. The predicted octanol–water partition coefficient (Wildman–Crippen LogP) is 4.59. The highest BCUT2D eigenvalue weighted by Gasteiger charge is 2.14.